The molecule has 0 saturated heterocycles. The van der Waals surface area contributed by atoms with Crippen molar-refractivity contribution in [2.24, 2.45) is 0 Å². The van der Waals surface area contributed by atoms with E-state index >= 15 is 0 Å². The normalized spacial score (nSPS) is 10.3. The summed E-state index contributed by atoms with van der Waals surface area (Å²) in [5.74, 6) is 2.42. The zero-order valence-corrected chi connectivity index (χ0v) is 15.6. The van der Waals surface area contributed by atoms with E-state index < -0.39 is 0 Å². The lowest BCUT2D eigenvalue weighted by molar-refractivity contribution is 0.324. The monoisotopic (exact) mass is 366 g/mol. The van der Waals surface area contributed by atoms with E-state index in [4.69, 9.17) is 14.2 Å². The van der Waals surface area contributed by atoms with Crippen LogP contribution in [0.15, 0.2) is 49.1 Å². The minimum atomic E-state index is 0.547. The van der Waals surface area contributed by atoms with Crippen LogP contribution in [-0.4, -0.2) is 42.8 Å². The third kappa shape index (κ3) is 4.44. The molecule has 0 spiro atoms. The molecule has 0 unspecified atom stereocenters. The molecule has 27 heavy (non-hydrogen) atoms. The first-order chi connectivity index (χ1) is 13.2. The molecule has 1 N–H and O–H groups in total. The van der Waals surface area contributed by atoms with Crippen LogP contribution in [0.5, 0.6) is 17.2 Å². The van der Waals surface area contributed by atoms with E-state index in [1.165, 1.54) is 5.56 Å². The van der Waals surface area contributed by atoms with E-state index in [9.17, 15) is 0 Å². The van der Waals surface area contributed by atoms with Crippen molar-refractivity contribution >= 4 is 5.82 Å². The molecule has 0 bridgehead atoms. The molecular weight excluding hydrogens is 344 g/mol. The van der Waals surface area contributed by atoms with E-state index in [-0.39, 0.29) is 0 Å². The third-order valence-electron chi connectivity index (χ3n) is 4.08. The molecule has 2 aromatic heterocycles. The van der Waals surface area contributed by atoms with Gasteiger partial charge >= 0.3 is 0 Å². The van der Waals surface area contributed by atoms with Crippen LogP contribution in [-0.2, 0) is 6.42 Å². The second-order valence-corrected chi connectivity index (χ2v) is 5.73. The van der Waals surface area contributed by atoms with Crippen LogP contribution in [0.25, 0.3) is 11.3 Å². The predicted octanol–water partition coefficient (Wildman–Crippen LogP) is 3.22. The summed E-state index contributed by atoms with van der Waals surface area (Å²) < 4.78 is 16.1. The van der Waals surface area contributed by atoms with Crippen molar-refractivity contribution in [2.45, 2.75) is 6.42 Å². The molecule has 7 nitrogen and oxygen atoms in total. The number of methoxy groups -OCH3 is 3. The SMILES string of the molecule is COc1cc(-c2cnc(NCCc3ccncc3)cn2)cc(OC)c1OC. The molecule has 0 aliphatic rings. The first kappa shape index (κ1) is 18.4. The number of rotatable bonds is 8. The number of benzene rings is 1. The minimum Gasteiger partial charge on any atom is -0.493 e. The first-order valence-electron chi connectivity index (χ1n) is 8.50. The Labute approximate surface area is 158 Å². The Kier molecular flexibility index (Phi) is 6.04. The highest BCUT2D eigenvalue weighted by Gasteiger charge is 2.14. The van der Waals surface area contributed by atoms with E-state index in [2.05, 4.69) is 20.3 Å². The van der Waals surface area contributed by atoms with E-state index in [1.807, 2.05) is 24.3 Å². The number of pyridine rings is 1. The summed E-state index contributed by atoms with van der Waals surface area (Å²) in [4.78, 5) is 13.0. The number of aromatic nitrogens is 3. The maximum atomic E-state index is 5.39. The first-order valence-corrected chi connectivity index (χ1v) is 8.50. The van der Waals surface area contributed by atoms with Crippen molar-refractivity contribution in [2.75, 3.05) is 33.2 Å². The quantitative estimate of drug-likeness (QED) is 0.656. The molecule has 0 atom stereocenters. The summed E-state index contributed by atoms with van der Waals surface area (Å²) in [6.45, 7) is 0.766. The van der Waals surface area contributed by atoms with Gasteiger partial charge in [-0.3, -0.25) is 9.97 Å². The highest BCUT2D eigenvalue weighted by atomic mass is 16.5. The van der Waals surface area contributed by atoms with Gasteiger partial charge in [-0.15, -0.1) is 0 Å². The Morgan fingerprint density at radius 1 is 0.889 bits per heavy atom. The lowest BCUT2D eigenvalue weighted by atomic mass is 10.1. The van der Waals surface area contributed by atoms with Gasteiger partial charge in [0.2, 0.25) is 5.75 Å². The lowest BCUT2D eigenvalue weighted by Gasteiger charge is -2.14. The van der Waals surface area contributed by atoms with Crippen molar-refractivity contribution in [3.8, 4) is 28.5 Å². The van der Waals surface area contributed by atoms with E-state index in [1.54, 1.807) is 46.1 Å². The van der Waals surface area contributed by atoms with Gasteiger partial charge in [0.15, 0.2) is 11.5 Å². The van der Waals surface area contributed by atoms with Crippen LogP contribution in [0.3, 0.4) is 0 Å². The Morgan fingerprint density at radius 3 is 2.15 bits per heavy atom. The molecule has 0 fully saturated rings. The van der Waals surface area contributed by atoms with Crippen molar-refractivity contribution in [1.29, 1.82) is 0 Å². The molecule has 2 heterocycles. The second-order valence-electron chi connectivity index (χ2n) is 5.73. The standard InChI is InChI=1S/C20H22N4O3/c1-25-17-10-15(11-18(26-2)20(17)27-3)16-12-24-19(13-23-16)22-9-6-14-4-7-21-8-5-14/h4-5,7-8,10-13H,6,9H2,1-3H3,(H,22,24). The van der Waals surface area contributed by atoms with Gasteiger partial charge in [0.1, 0.15) is 5.82 Å². The fourth-order valence-electron chi connectivity index (χ4n) is 2.68. The summed E-state index contributed by atoms with van der Waals surface area (Å²) in [5, 5.41) is 3.27. The number of nitrogens with one attached hydrogen (secondary N) is 1. The van der Waals surface area contributed by atoms with Gasteiger partial charge in [-0.2, -0.15) is 0 Å². The summed E-state index contributed by atoms with van der Waals surface area (Å²) >= 11 is 0. The average molecular weight is 366 g/mol. The van der Waals surface area contributed by atoms with Gasteiger partial charge < -0.3 is 19.5 Å². The number of nitrogens with zero attached hydrogens (tertiary/aromatic N) is 3. The molecule has 0 saturated carbocycles. The number of hydrogen-bond acceptors (Lipinski definition) is 7. The average Bonchev–Trinajstić information content (AvgIpc) is 2.74. The molecule has 3 rings (SSSR count). The van der Waals surface area contributed by atoms with Crippen molar-refractivity contribution in [1.82, 2.24) is 15.0 Å². The summed E-state index contributed by atoms with van der Waals surface area (Å²) in [7, 11) is 4.75. The molecule has 3 aromatic rings. The number of hydrogen-bond donors (Lipinski definition) is 1. The minimum absolute atomic E-state index is 0.547. The molecule has 140 valence electrons. The lowest BCUT2D eigenvalue weighted by Crippen LogP contribution is -2.06. The van der Waals surface area contributed by atoms with Crippen molar-refractivity contribution in [3.05, 3.63) is 54.6 Å². The molecule has 1 aromatic carbocycles. The highest BCUT2D eigenvalue weighted by Crippen LogP contribution is 2.40. The molecular formula is C20H22N4O3. The van der Waals surface area contributed by atoms with Gasteiger partial charge in [0.25, 0.3) is 0 Å². The van der Waals surface area contributed by atoms with E-state index in [0.29, 0.717) is 22.9 Å². The van der Waals surface area contributed by atoms with Gasteiger partial charge in [-0.05, 0) is 36.2 Å². The molecule has 0 radical (unpaired) electrons. The summed E-state index contributed by atoms with van der Waals surface area (Å²) in [6, 6.07) is 7.70. The maximum Gasteiger partial charge on any atom is 0.203 e. The predicted molar refractivity (Wildman–Crippen MR) is 104 cm³/mol. The molecule has 0 aliphatic heterocycles. The Balaban J connectivity index is 1.71. The van der Waals surface area contributed by atoms with Crippen LogP contribution >= 0.6 is 0 Å². The van der Waals surface area contributed by atoms with Crippen LogP contribution < -0.4 is 19.5 Å². The number of ether oxygens (including phenoxy) is 3. The Morgan fingerprint density at radius 2 is 1.59 bits per heavy atom. The number of anilines is 1. The Hall–Kier alpha value is -3.35. The van der Waals surface area contributed by atoms with Crippen LogP contribution in [0.2, 0.25) is 0 Å². The topological polar surface area (TPSA) is 78.4 Å². The summed E-state index contributed by atoms with van der Waals surface area (Å²) in [5.41, 5.74) is 2.77. The van der Waals surface area contributed by atoms with Crippen LogP contribution in [0, 0.1) is 0 Å². The van der Waals surface area contributed by atoms with Gasteiger partial charge in [-0.1, -0.05) is 0 Å². The summed E-state index contributed by atoms with van der Waals surface area (Å²) in [6.07, 6.45) is 7.90. The highest BCUT2D eigenvalue weighted by molar-refractivity contribution is 5.68. The van der Waals surface area contributed by atoms with Gasteiger partial charge in [0.05, 0.1) is 39.4 Å². The fraction of sp³-hybridized carbons (Fsp3) is 0.250. The zero-order chi connectivity index (χ0) is 19.1. The molecule has 0 aliphatic carbocycles. The van der Waals surface area contributed by atoms with Crippen LogP contribution in [0.1, 0.15) is 5.56 Å². The smallest absolute Gasteiger partial charge is 0.203 e. The zero-order valence-electron chi connectivity index (χ0n) is 15.6. The molecule has 0 amide bonds. The second kappa shape index (κ2) is 8.84. The van der Waals surface area contributed by atoms with Crippen molar-refractivity contribution in [3.63, 3.8) is 0 Å². The van der Waals surface area contributed by atoms with Gasteiger partial charge in [0, 0.05) is 24.5 Å². The fourth-order valence-corrected chi connectivity index (χ4v) is 2.68. The van der Waals surface area contributed by atoms with Crippen LogP contribution in [0.4, 0.5) is 5.82 Å². The van der Waals surface area contributed by atoms with Crippen molar-refractivity contribution < 1.29 is 14.2 Å². The Bertz CT molecular complexity index is 845. The third-order valence-corrected chi connectivity index (χ3v) is 4.08. The maximum absolute atomic E-state index is 5.39. The van der Waals surface area contributed by atoms with Gasteiger partial charge in [-0.25, -0.2) is 4.98 Å². The van der Waals surface area contributed by atoms with E-state index in [0.717, 1.165) is 24.3 Å². The molecule has 7 heteroatoms. The largest absolute Gasteiger partial charge is 0.493 e.